The summed E-state index contributed by atoms with van der Waals surface area (Å²) in [5.41, 5.74) is 0.938. The zero-order chi connectivity index (χ0) is 16.9. The second-order valence-electron chi connectivity index (χ2n) is 6.67. The van der Waals surface area contributed by atoms with Crippen molar-refractivity contribution in [3.63, 3.8) is 0 Å². The molecule has 6 heteroatoms. The van der Waals surface area contributed by atoms with Crippen LogP contribution in [-0.2, 0) is 16.1 Å². The van der Waals surface area contributed by atoms with Gasteiger partial charge in [-0.25, -0.2) is 0 Å². The quantitative estimate of drug-likeness (QED) is 0.885. The lowest BCUT2D eigenvalue weighted by atomic mass is 10.1. The van der Waals surface area contributed by atoms with Crippen LogP contribution >= 0.6 is 11.6 Å². The molecule has 5 nitrogen and oxygen atoms in total. The third-order valence-electron chi connectivity index (χ3n) is 4.71. The summed E-state index contributed by atoms with van der Waals surface area (Å²) in [5.74, 6) is 0.0903. The van der Waals surface area contributed by atoms with Crippen molar-refractivity contribution >= 4 is 23.4 Å². The number of nitrogens with one attached hydrogen (secondary N) is 1. The predicted molar refractivity (Wildman–Crippen MR) is 93.7 cm³/mol. The van der Waals surface area contributed by atoms with Crippen molar-refractivity contribution in [2.45, 2.75) is 38.3 Å². The fourth-order valence-electron chi connectivity index (χ4n) is 3.45. The van der Waals surface area contributed by atoms with Crippen LogP contribution in [0.15, 0.2) is 24.3 Å². The summed E-state index contributed by atoms with van der Waals surface area (Å²) in [5, 5.41) is 3.68. The second-order valence-corrected chi connectivity index (χ2v) is 7.08. The highest BCUT2D eigenvalue weighted by Crippen LogP contribution is 2.20. The Bertz CT molecular complexity index is 602. The molecule has 0 aliphatic carbocycles. The number of amides is 2. The lowest BCUT2D eigenvalue weighted by Crippen LogP contribution is -2.44. The minimum Gasteiger partial charge on any atom is -0.350 e. The normalized spacial score (nSPS) is 22.0. The van der Waals surface area contributed by atoms with Crippen LogP contribution in [0.25, 0.3) is 0 Å². The zero-order valence-corrected chi connectivity index (χ0v) is 14.6. The van der Waals surface area contributed by atoms with Gasteiger partial charge in [0.1, 0.15) is 0 Å². The molecule has 0 radical (unpaired) electrons. The van der Waals surface area contributed by atoms with E-state index in [0.29, 0.717) is 31.1 Å². The molecule has 1 aromatic carbocycles. The van der Waals surface area contributed by atoms with Crippen molar-refractivity contribution in [2.24, 2.45) is 0 Å². The first-order valence-electron chi connectivity index (χ1n) is 8.65. The number of piperidine rings is 1. The molecule has 0 spiro atoms. The van der Waals surface area contributed by atoms with E-state index in [1.165, 1.54) is 19.3 Å². The predicted octanol–water partition coefficient (Wildman–Crippen LogP) is 2.04. The van der Waals surface area contributed by atoms with Crippen LogP contribution in [0.3, 0.4) is 0 Å². The van der Waals surface area contributed by atoms with Gasteiger partial charge in [-0.05, 0) is 37.6 Å². The van der Waals surface area contributed by atoms with Gasteiger partial charge in [-0.15, -0.1) is 0 Å². The molecular weight excluding hydrogens is 326 g/mol. The van der Waals surface area contributed by atoms with Gasteiger partial charge in [0.15, 0.2) is 0 Å². The molecule has 0 unspecified atom stereocenters. The maximum absolute atomic E-state index is 12.2. The topological polar surface area (TPSA) is 52.7 Å². The molecule has 130 valence electrons. The van der Waals surface area contributed by atoms with Crippen LogP contribution in [0.1, 0.15) is 31.2 Å². The first-order valence-corrected chi connectivity index (χ1v) is 9.02. The summed E-state index contributed by atoms with van der Waals surface area (Å²) in [6.45, 7) is 3.48. The van der Waals surface area contributed by atoms with Gasteiger partial charge >= 0.3 is 0 Å². The number of nitrogens with zero attached hydrogens (tertiary/aromatic N) is 2. The first-order chi connectivity index (χ1) is 11.6. The Hall–Kier alpha value is -1.59. The summed E-state index contributed by atoms with van der Waals surface area (Å²) >= 11 is 6.17. The molecule has 2 fully saturated rings. The minimum absolute atomic E-state index is 0.0225. The van der Waals surface area contributed by atoms with Crippen LogP contribution in [0.2, 0.25) is 5.02 Å². The Labute approximate surface area is 147 Å². The molecule has 2 aliphatic heterocycles. The van der Waals surface area contributed by atoms with Gasteiger partial charge in [-0.1, -0.05) is 36.2 Å². The summed E-state index contributed by atoms with van der Waals surface area (Å²) < 4.78 is 0. The first kappa shape index (κ1) is 17.2. The van der Waals surface area contributed by atoms with Crippen molar-refractivity contribution in [1.82, 2.24) is 15.1 Å². The minimum atomic E-state index is -0.0997. The van der Waals surface area contributed by atoms with Gasteiger partial charge in [-0.3, -0.25) is 14.5 Å². The van der Waals surface area contributed by atoms with E-state index in [-0.39, 0.29) is 17.9 Å². The molecule has 1 N–H and O–H groups in total. The van der Waals surface area contributed by atoms with Crippen LogP contribution in [0.5, 0.6) is 0 Å². The maximum atomic E-state index is 12.2. The van der Waals surface area contributed by atoms with Gasteiger partial charge < -0.3 is 10.2 Å². The highest BCUT2D eigenvalue weighted by molar-refractivity contribution is 6.31. The van der Waals surface area contributed by atoms with Gasteiger partial charge in [0, 0.05) is 24.5 Å². The fourth-order valence-corrected chi connectivity index (χ4v) is 3.64. The highest BCUT2D eigenvalue weighted by atomic mass is 35.5. The molecule has 0 saturated carbocycles. The largest absolute Gasteiger partial charge is 0.350 e. The molecule has 0 aromatic heterocycles. The third kappa shape index (κ3) is 4.48. The summed E-state index contributed by atoms with van der Waals surface area (Å²) in [6.07, 6.45) is 3.96. The Kier molecular flexibility index (Phi) is 5.74. The number of rotatable bonds is 5. The Balaban J connectivity index is 1.49. The summed E-state index contributed by atoms with van der Waals surface area (Å²) in [6, 6.07) is 7.45. The van der Waals surface area contributed by atoms with Gasteiger partial charge in [0.05, 0.1) is 12.6 Å². The monoisotopic (exact) mass is 349 g/mol. The lowest BCUT2D eigenvalue weighted by molar-refractivity contribution is -0.128. The molecule has 1 aromatic rings. The maximum Gasteiger partial charge on any atom is 0.234 e. The van der Waals surface area contributed by atoms with Crippen molar-refractivity contribution < 1.29 is 9.59 Å². The average molecular weight is 350 g/mol. The van der Waals surface area contributed by atoms with E-state index in [0.717, 1.165) is 18.7 Å². The molecule has 1 atom stereocenters. The van der Waals surface area contributed by atoms with E-state index < -0.39 is 0 Å². The molecule has 2 saturated heterocycles. The fraction of sp³-hybridized carbons (Fsp3) is 0.556. The Morgan fingerprint density at radius 2 is 1.96 bits per heavy atom. The summed E-state index contributed by atoms with van der Waals surface area (Å²) in [7, 11) is 0. The number of halogens is 1. The number of carbonyl (C=O) groups is 2. The number of likely N-dealkylation sites (tertiary alicyclic amines) is 2. The van der Waals surface area contributed by atoms with E-state index in [2.05, 4.69) is 10.2 Å². The lowest BCUT2D eigenvalue weighted by Gasteiger charge is -2.26. The Morgan fingerprint density at radius 1 is 1.21 bits per heavy atom. The van der Waals surface area contributed by atoms with Gasteiger partial charge in [-0.2, -0.15) is 0 Å². The van der Waals surface area contributed by atoms with Crippen molar-refractivity contribution in [2.75, 3.05) is 26.2 Å². The zero-order valence-electron chi connectivity index (χ0n) is 13.8. The van der Waals surface area contributed by atoms with Gasteiger partial charge in [0.2, 0.25) is 11.8 Å². The standard InChI is InChI=1S/C18H24ClN3O2/c19-16-7-3-2-6-14(16)11-22-12-15(10-18(22)24)20-17(23)13-21-8-4-1-5-9-21/h2-3,6-7,15H,1,4-5,8-13H2,(H,20,23)/t15-/m1/s1. The molecule has 3 rings (SSSR count). The highest BCUT2D eigenvalue weighted by Gasteiger charge is 2.31. The number of benzene rings is 1. The van der Waals surface area contributed by atoms with Crippen LogP contribution in [0.4, 0.5) is 0 Å². The number of hydrogen-bond acceptors (Lipinski definition) is 3. The van der Waals surface area contributed by atoms with E-state index in [4.69, 9.17) is 11.6 Å². The molecule has 2 heterocycles. The van der Waals surface area contributed by atoms with E-state index in [9.17, 15) is 9.59 Å². The van der Waals surface area contributed by atoms with Gasteiger partial charge in [0.25, 0.3) is 0 Å². The SMILES string of the molecule is O=C(CN1CCCCC1)N[C@@H]1CC(=O)N(Cc2ccccc2Cl)C1. The van der Waals surface area contributed by atoms with Crippen molar-refractivity contribution in [3.05, 3.63) is 34.9 Å². The molecule has 24 heavy (non-hydrogen) atoms. The van der Waals surface area contributed by atoms with Crippen LogP contribution < -0.4 is 5.32 Å². The number of hydrogen-bond donors (Lipinski definition) is 1. The van der Waals surface area contributed by atoms with Crippen LogP contribution in [0, 0.1) is 0 Å². The average Bonchev–Trinajstić information content (AvgIpc) is 2.90. The van der Waals surface area contributed by atoms with E-state index in [1.807, 2.05) is 24.3 Å². The Morgan fingerprint density at radius 3 is 2.71 bits per heavy atom. The summed E-state index contributed by atoms with van der Waals surface area (Å²) in [4.78, 5) is 28.3. The van der Waals surface area contributed by atoms with E-state index in [1.54, 1.807) is 4.90 Å². The third-order valence-corrected chi connectivity index (χ3v) is 5.08. The number of carbonyl (C=O) groups excluding carboxylic acids is 2. The molecule has 2 aliphatic rings. The molecular formula is C18H24ClN3O2. The smallest absolute Gasteiger partial charge is 0.234 e. The van der Waals surface area contributed by atoms with E-state index >= 15 is 0 Å². The molecule has 2 amide bonds. The van der Waals surface area contributed by atoms with Crippen LogP contribution in [-0.4, -0.2) is 53.8 Å². The second kappa shape index (κ2) is 7.99. The van der Waals surface area contributed by atoms with Crippen molar-refractivity contribution in [3.8, 4) is 0 Å². The molecule has 0 bridgehead atoms. The van der Waals surface area contributed by atoms with Crippen molar-refractivity contribution in [1.29, 1.82) is 0 Å².